The van der Waals surface area contributed by atoms with Crippen LogP contribution in [0.3, 0.4) is 0 Å². The summed E-state index contributed by atoms with van der Waals surface area (Å²) in [5, 5.41) is 3.56. The number of nitrogens with zero attached hydrogens (tertiary/aromatic N) is 1. The van der Waals surface area contributed by atoms with Crippen molar-refractivity contribution >= 4 is 27.5 Å². The molecule has 122 valence electrons. The topological polar surface area (TPSA) is 66.5 Å². The summed E-state index contributed by atoms with van der Waals surface area (Å²) < 4.78 is 23.7. The van der Waals surface area contributed by atoms with Crippen molar-refractivity contribution in [2.75, 3.05) is 26.4 Å². The zero-order valence-corrected chi connectivity index (χ0v) is 14.4. The first-order chi connectivity index (χ1) is 10.2. The van der Waals surface area contributed by atoms with Crippen LogP contribution in [0.25, 0.3) is 0 Å². The smallest absolute Gasteiger partial charge is 0.235 e. The molecule has 1 aromatic carbocycles. The van der Waals surface area contributed by atoms with Crippen LogP contribution in [0.15, 0.2) is 24.3 Å². The minimum atomic E-state index is -3.34. The van der Waals surface area contributed by atoms with Crippen molar-refractivity contribution in [3.63, 3.8) is 0 Å². The molecular weight excluding hydrogens is 324 g/mol. The molecule has 1 aliphatic carbocycles. The summed E-state index contributed by atoms with van der Waals surface area (Å²) in [6.45, 7) is 0.362. The minimum absolute atomic E-state index is 0.0517. The van der Waals surface area contributed by atoms with Crippen molar-refractivity contribution in [2.24, 2.45) is 0 Å². The molecule has 1 N–H and O–H groups in total. The van der Waals surface area contributed by atoms with Gasteiger partial charge in [-0.3, -0.25) is 4.79 Å². The van der Waals surface area contributed by atoms with Crippen LogP contribution < -0.4 is 5.32 Å². The molecule has 0 atom stereocenters. The molecule has 0 heterocycles. The van der Waals surface area contributed by atoms with Gasteiger partial charge in [0, 0.05) is 24.0 Å². The van der Waals surface area contributed by atoms with Gasteiger partial charge >= 0.3 is 0 Å². The Bertz CT molecular complexity index is 639. The van der Waals surface area contributed by atoms with Crippen molar-refractivity contribution in [1.82, 2.24) is 9.62 Å². The van der Waals surface area contributed by atoms with Crippen molar-refractivity contribution in [1.29, 1.82) is 0 Å². The average molecular weight is 345 g/mol. The van der Waals surface area contributed by atoms with E-state index in [4.69, 9.17) is 11.6 Å². The summed E-state index contributed by atoms with van der Waals surface area (Å²) in [7, 11) is -1.95. The van der Waals surface area contributed by atoms with E-state index in [1.165, 1.54) is 12.6 Å². The lowest BCUT2D eigenvalue weighted by molar-refractivity contribution is -0.121. The Labute approximate surface area is 136 Å². The number of likely N-dealkylation sites (N-methyl/N-ethyl adjacent to an activating group) is 1. The molecule has 0 unspecified atom stereocenters. The first kappa shape index (κ1) is 17.2. The van der Waals surface area contributed by atoms with Gasteiger partial charge in [0.1, 0.15) is 0 Å². The second kappa shape index (κ2) is 6.56. The van der Waals surface area contributed by atoms with E-state index in [1.54, 1.807) is 0 Å². The molecule has 22 heavy (non-hydrogen) atoms. The SMILES string of the molecule is CN(CC(=O)NCC1(c2ccc(Cl)cc2)CCC1)S(C)(=O)=O. The number of halogens is 1. The highest BCUT2D eigenvalue weighted by molar-refractivity contribution is 7.88. The van der Waals surface area contributed by atoms with Crippen LogP contribution in [0, 0.1) is 0 Å². The second-order valence-electron chi connectivity index (χ2n) is 5.94. The van der Waals surface area contributed by atoms with Crippen LogP contribution in [0.5, 0.6) is 0 Å². The number of sulfonamides is 1. The Morgan fingerprint density at radius 2 is 1.91 bits per heavy atom. The Balaban J connectivity index is 1.97. The molecule has 0 aliphatic heterocycles. The molecule has 1 saturated carbocycles. The molecule has 0 spiro atoms. The molecule has 1 aliphatic rings. The number of nitrogens with one attached hydrogen (secondary N) is 1. The fourth-order valence-electron chi connectivity index (χ4n) is 2.62. The maximum atomic E-state index is 11.9. The van der Waals surface area contributed by atoms with Crippen molar-refractivity contribution in [3.05, 3.63) is 34.9 Å². The van der Waals surface area contributed by atoms with Gasteiger partial charge in [-0.2, -0.15) is 4.31 Å². The third-order valence-corrected chi connectivity index (χ3v) is 5.84. The summed E-state index contributed by atoms with van der Waals surface area (Å²) in [4.78, 5) is 11.9. The van der Waals surface area contributed by atoms with Crippen LogP contribution in [-0.2, 0) is 20.2 Å². The molecule has 2 rings (SSSR count). The molecule has 0 radical (unpaired) electrons. The normalized spacial score (nSPS) is 17.1. The summed E-state index contributed by atoms with van der Waals surface area (Å²) in [5.74, 6) is -0.284. The summed E-state index contributed by atoms with van der Waals surface area (Å²) in [6, 6.07) is 7.71. The van der Waals surface area contributed by atoms with E-state index >= 15 is 0 Å². The lowest BCUT2D eigenvalue weighted by atomic mass is 9.64. The second-order valence-corrected chi connectivity index (χ2v) is 8.46. The minimum Gasteiger partial charge on any atom is -0.354 e. The Morgan fingerprint density at radius 3 is 2.36 bits per heavy atom. The van der Waals surface area contributed by atoms with Gasteiger partial charge in [-0.05, 0) is 30.5 Å². The van der Waals surface area contributed by atoms with Crippen LogP contribution in [-0.4, -0.2) is 45.0 Å². The number of amides is 1. The molecule has 7 heteroatoms. The van der Waals surface area contributed by atoms with Gasteiger partial charge in [-0.25, -0.2) is 8.42 Å². The molecule has 0 aromatic heterocycles. The van der Waals surface area contributed by atoms with Gasteiger partial charge in [0.2, 0.25) is 15.9 Å². The third-order valence-electron chi connectivity index (χ3n) is 4.32. The van der Waals surface area contributed by atoms with Crippen LogP contribution in [0.4, 0.5) is 0 Å². The van der Waals surface area contributed by atoms with Gasteiger partial charge in [0.25, 0.3) is 0 Å². The quantitative estimate of drug-likeness (QED) is 0.855. The predicted octanol–water partition coefficient (Wildman–Crippen LogP) is 1.77. The fourth-order valence-corrected chi connectivity index (χ4v) is 3.10. The molecule has 1 aromatic rings. The maximum absolute atomic E-state index is 11.9. The van der Waals surface area contributed by atoms with E-state index in [0.717, 1.165) is 29.8 Å². The van der Waals surface area contributed by atoms with E-state index in [0.29, 0.717) is 11.6 Å². The molecule has 0 bridgehead atoms. The maximum Gasteiger partial charge on any atom is 0.235 e. The van der Waals surface area contributed by atoms with Gasteiger partial charge in [-0.15, -0.1) is 0 Å². The summed E-state index contributed by atoms with van der Waals surface area (Å²) in [6.07, 6.45) is 4.23. The number of carbonyl (C=O) groups excluding carboxylic acids is 1. The first-order valence-electron chi connectivity index (χ1n) is 7.17. The highest BCUT2D eigenvalue weighted by atomic mass is 35.5. The Kier molecular flexibility index (Phi) is 5.14. The van der Waals surface area contributed by atoms with Gasteiger partial charge < -0.3 is 5.32 Å². The van der Waals surface area contributed by atoms with E-state index in [2.05, 4.69) is 5.32 Å². The lowest BCUT2D eigenvalue weighted by Gasteiger charge is -2.42. The predicted molar refractivity (Wildman–Crippen MR) is 87.5 cm³/mol. The molecule has 5 nitrogen and oxygen atoms in total. The van der Waals surface area contributed by atoms with Crippen LogP contribution in [0.1, 0.15) is 24.8 Å². The Morgan fingerprint density at radius 1 is 1.32 bits per heavy atom. The number of hydrogen-bond acceptors (Lipinski definition) is 3. The number of benzene rings is 1. The molecule has 1 amide bonds. The van der Waals surface area contributed by atoms with E-state index in [-0.39, 0.29) is 17.9 Å². The monoisotopic (exact) mass is 344 g/mol. The first-order valence-corrected chi connectivity index (χ1v) is 9.40. The van der Waals surface area contributed by atoms with Crippen LogP contribution >= 0.6 is 11.6 Å². The zero-order chi connectivity index (χ0) is 16.4. The average Bonchev–Trinajstić information content (AvgIpc) is 2.38. The highest BCUT2D eigenvalue weighted by Gasteiger charge is 2.38. The molecule has 0 saturated heterocycles. The van der Waals surface area contributed by atoms with Crippen LogP contribution in [0.2, 0.25) is 5.02 Å². The third kappa shape index (κ3) is 4.00. The fraction of sp³-hybridized carbons (Fsp3) is 0.533. The highest BCUT2D eigenvalue weighted by Crippen LogP contribution is 2.43. The van der Waals surface area contributed by atoms with Gasteiger partial charge in [0.15, 0.2) is 0 Å². The standard InChI is InChI=1S/C15H21ClN2O3S/c1-18(22(2,20)21)10-14(19)17-11-15(8-3-9-15)12-4-6-13(16)7-5-12/h4-7H,3,8-11H2,1-2H3,(H,17,19). The van der Waals surface area contributed by atoms with E-state index in [1.807, 2.05) is 24.3 Å². The lowest BCUT2D eigenvalue weighted by Crippen LogP contribution is -2.48. The van der Waals surface area contributed by atoms with Crippen molar-refractivity contribution in [3.8, 4) is 0 Å². The molecule has 1 fully saturated rings. The van der Waals surface area contributed by atoms with Crippen molar-refractivity contribution < 1.29 is 13.2 Å². The van der Waals surface area contributed by atoms with Crippen molar-refractivity contribution in [2.45, 2.75) is 24.7 Å². The van der Waals surface area contributed by atoms with E-state index in [9.17, 15) is 13.2 Å². The number of rotatable bonds is 6. The summed E-state index contributed by atoms with van der Waals surface area (Å²) in [5.41, 5.74) is 1.11. The number of carbonyl (C=O) groups is 1. The Hall–Kier alpha value is -1.11. The van der Waals surface area contributed by atoms with E-state index < -0.39 is 10.0 Å². The summed E-state index contributed by atoms with van der Waals surface area (Å²) >= 11 is 5.92. The molecular formula is C15H21ClN2O3S. The number of hydrogen-bond donors (Lipinski definition) is 1. The van der Waals surface area contributed by atoms with Gasteiger partial charge in [-0.1, -0.05) is 30.2 Å². The van der Waals surface area contributed by atoms with Gasteiger partial charge in [0.05, 0.1) is 12.8 Å². The zero-order valence-electron chi connectivity index (χ0n) is 12.8. The largest absolute Gasteiger partial charge is 0.354 e.